The van der Waals surface area contributed by atoms with Crippen molar-refractivity contribution in [1.29, 1.82) is 0 Å². The molecule has 1 atom stereocenters. The molecule has 0 radical (unpaired) electrons. The zero-order valence-corrected chi connectivity index (χ0v) is 11.2. The summed E-state index contributed by atoms with van der Waals surface area (Å²) in [5.74, 6) is 1.79. The van der Waals surface area contributed by atoms with Crippen LogP contribution in [-0.2, 0) is 17.6 Å². The molecule has 1 aromatic heterocycles. The maximum absolute atomic E-state index is 5.48. The number of ether oxygens (including phenoxy) is 1. The van der Waals surface area contributed by atoms with Gasteiger partial charge >= 0.3 is 0 Å². The zero-order valence-electron chi connectivity index (χ0n) is 11.2. The van der Waals surface area contributed by atoms with E-state index < -0.39 is 0 Å². The fourth-order valence-corrected chi connectivity index (χ4v) is 3.02. The molecule has 1 aromatic carbocycles. The van der Waals surface area contributed by atoms with Crippen LogP contribution in [0.5, 0.6) is 0 Å². The van der Waals surface area contributed by atoms with Gasteiger partial charge in [0, 0.05) is 12.5 Å². The third kappa shape index (κ3) is 2.13. The highest BCUT2D eigenvalue weighted by atomic mass is 16.5. The van der Waals surface area contributed by atoms with Crippen LogP contribution in [0.2, 0.25) is 0 Å². The third-order valence-corrected chi connectivity index (χ3v) is 4.09. The zero-order chi connectivity index (χ0) is 13.4. The van der Waals surface area contributed by atoms with E-state index in [9.17, 15) is 0 Å². The molecule has 104 valence electrons. The van der Waals surface area contributed by atoms with E-state index in [1.54, 1.807) is 0 Å². The summed E-state index contributed by atoms with van der Waals surface area (Å²) in [5.41, 5.74) is 2.80. The van der Waals surface area contributed by atoms with Crippen LogP contribution in [0.4, 0.5) is 0 Å². The van der Waals surface area contributed by atoms with E-state index in [1.165, 1.54) is 11.1 Å². The summed E-state index contributed by atoms with van der Waals surface area (Å²) in [5, 5.41) is 7.47. The molecule has 1 saturated heterocycles. The van der Waals surface area contributed by atoms with E-state index >= 15 is 0 Å². The quantitative estimate of drug-likeness (QED) is 0.899. The minimum Gasteiger partial charge on any atom is -0.378 e. The van der Waals surface area contributed by atoms with Crippen molar-refractivity contribution in [3.05, 3.63) is 47.1 Å². The second-order valence-electron chi connectivity index (χ2n) is 5.45. The van der Waals surface area contributed by atoms with Crippen molar-refractivity contribution in [1.82, 2.24) is 15.5 Å². The molecule has 20 heavy (non-hydrogen) atoms. The Kier molecular flexibility index (Phi) is 3.01. The monoisotopic (exact) mass is 271 g/mol. The molecule has 1 fully saturated rings. The van der Waals surface area contributed by atoms with Crippen LogP contribution < -0.4 is 5.32 Å². The van der Waals surface area contributed by atoms with E-state index in [2.05, 4.69) is 39.7 Å². The number of benzene rings is 1. The lowest BCUT2D eigenvalue weighted by molar-refractivity contribution is 0.0734. The molecule has 0 saturated carbocycles. The lowest BCUT2D eigenvalue weighted by Crippen LogP contribution is -2.35. The highest BCUT2D eigenvalue weighted by molar-refractivity contribution is 5.34. The summed E-state index contributed by atoms with van der Waals surface area (Å²) in [4.78, 5) is 4.58. The Labute approximate surface area is 117 Å². The van der Waals surface area contributed by atoms with Gasteiger partial charge in [-0.1, -0.05) is 29.4 Å². The molecule has 2 aromatic rings. The Morgan fingerprint density at radius 2 is 1.95 bits per heavy atom. The van der Waals surface area contributed by atoms with Crippen molar-refractivity contribution in [3.63, 3.8) is 0 Å². The topological polar surface area (TPSA) is 60.2 Å². The Bertz CT molecular complexity index is 580. The van der Waals surface area contributed by atoms with Crippen LogP contribution in [0.15, 0.2) is 28.8 Å². The number of nitrogens with zero attached hydrogens (tertiary/aromatic N) is 2. The SMILES string of the molecule is c1ccc2c(c1)CC(c1nc(C3COCCN3)no1)C2. The number of morpholine rings is 1. The standard InChI is InChI=1S/C15H17N3O2/c1-2-4-11-8-12(7-10(11)3-1)15-17-14(18-20-15)13-9-19-6-5-16-13/h1-4,12-13,16H,5-9H2. The summed E-state index contributed by atoms with van der Waals surface area (Å²) in [6.45, 7) is 2.20. The fraction of sp³-hybridized carbons (Fsp3) is 0.467. The van der Waals surface area contributed by atoms with Gasteiger partial charge < -0.3 is 14.6 Å². The summed E-state index contributed by atoms with van der Waals surface area (Å²) in [6.07, 6.45) is 1.98. The van der Waals surface area contributed by atoms with Gasteiger partial charge in [0.05, 0.1) is 19.3 Å². The van der Waals surface area contributed by atoms with Gasteiger partial charge in [0.1, 0.15) is 0 Å². The Morgan fingerprint density at radius 3 is 2.65 bits per heavy atom. The lowest BCUT2D eigenvalue weighted by Gasteiger charge is -2.20. The molecule has 4 rings (SSSR count). The highest BCUT2D eigenvalue weighted by Crippen LogP contribution is 2.33. The summed E-state index contributed by atoms with van der Waals surface area (Å²) in [7, 11) is 0. The summed E-state index contributed by atoms with van der Waals surface area (Å²) < 4.78 is 10.9. The van der Waals surface area contributed by atoms with Gasteiger partial charge in [-0.3, -0.25) is 0 Å². The largest absolute Gasteiger partial charge is 0.378 e. The Balaban J connectivity index is 1.52. The van der Waals surface area contributed by atoms with Crippen LogP contribution in [0.3, 0.4) is 0 Å². The number of rotatable bonds is 2. The maximum atomic E-state index is 5.48. The minimum absolute atomic E-state index is 0.0602. The molecule has 2 aliphatic rings. The van der Waals surface area contributed by atoms with E-state index in [4.69, 9.17) is 9.26 Å². The van der Waals surface area contributed by atoms with Gasteiger partial charge in [-0.15, -0.1) is 0 Å². The smallest absolute Gasteiger partial charge is 0.230 e. The van der Waals surface area contributed by atoms with Crippen molar-refractivity contribution in [2.75, 3.05) is 19.8 Å². The predicted octanol–water partition coefficient (Wildman–Crippen LogP) is 1.61. The number of hydrogen-bond donors (Lipinski definition) is 1. The van der Waals surface area contributed by atoms with Gasteiger partial charge in [0.15, 0.2) is 5.82 Å². The fourth-order valence-electron chi connectivity index (χ4n) is 3.02. The molecular formula is C15H17N3O2. The first-order valence-corrected chi connectivity index (χ1v) is 7.11. The molecule has 1 N–H and O–H groups in total. The van der Waals surface area contributed by atoms with Crippen LogP contribution in [-0.4, -0.2) is 29.9 Å². The minimum atomic E-state index is 0.0602. The van der Waals surface area contributed by atoms with Crippen molar-refractivity contribution < 1.29 is 9.26 Å². The van der Waals surface area contributed by atoms with Crippen molar-refractivity contribution >= 4 is 0 Å². The van der Waals surface area contributed by atoms with Gasteiger partial charge in [-0.25, -0.2) is 0 Å². The van der Waals surface area contributed by atoms with Gasteiger partial charge in [0.25, 0.3) is 0 Å². The van der Waals surface area contributed by atoms with Crippen molar-refractivity contribution in [2.24, 2.45) is 0 Å². The lowest BCUT2D eigenvalue weighted by atomic mass is 10.1. The highest BCUT2D eigenvalue weighted by Gasteiger charge is 2.29. The molecule has 2 heterocycles. The van der Waals surface area contributed by atoms with E-state index in [0.717, 1.165) is 37.7 Å². The van der Waals surface area contributed by atoms with E-state index in [-0.39, 0.29) is 6.04 Å². The molecule has 5 heteroatoms. The van der Waals surface area contributed by atoms with Crippen molar-refractivity contribution in [2.45, 2.75) is 24.8 Å². The molecule has 1 aliphatic carbocycles. The molecule has 0 bridgehead atoms. The normalized spacial score (nSPS) is 22.9. The Morgan fingerprint density at radius 1 is 1.15 bits per heavy atom. The van der Waals surface area contributed by atoms with E-state index in [0.29, 0.717) is 12.5 Å². The summed E-state index contributed by atoms with van der Waals surface area (Å²) >= 11 is 0. The molecule has 0 amide bonds. The van der Waals surface area contributed by atoms with Crippen LogP contribution >= 0.6 is 0 Å². The van der Waals surface area contributed by atoms with Crippen molar-refractivity contribution in [3.8, 4) is 0 Å². The maximum Gasteiger partial charge on any atom is 0.230 e. The van der Waals surface area contributed by atoms with Crippen LogP contribution in [0, 0.1) is 0 Å². The average Bonchev–Trinajstić information content (AvgIpc) is 3.14. The average molecular weight is 271 g/mol. The third-order valence-electron chi connectivity index (χ3n) is 4.09. The molecule has 0 spiro atoms. The van der Waals surface area contributed by atoms with Crippen LogP contribution in [0.25, 0.3) is 0 Å². The molecule has 1 unspecified atom stereocenters. The second-order valence-corrected chi connectivity index (χ2v) is 5.45. The molecule has 5 nitrogen and oxygen atoms in total. The second kappa shape index (κ2) is 5.00. The van der Waals surface area contributed by atoms with Crippen LogP contribution in [0.1, 0.15) is 34.8 Å². The van der Waals surface area contributed by atoms with E-state index in [1.807, 2.05) is 0 Å². The molecule has 1 aliphatic heterocycles. The number of hydrogen-bond acceptors (Lipinski definition) is 5. The first kappa shape index (κ1) is 12.1. The number of fused-ring (bicyclic) bond motifs is 1. The first-order valence-electron chi connectivity index (χ1n) is 7.11. The summed E-state index contributed by atoms with van der Waals surface area (Å²) in [6, 6.07) is 8.60. The Hall–Kier alpha value is -1.72. The first-order chi connectivity index (χ1) is 9.90. The number of aromatic nitrogens is 2. The number of nitrogens with one attached hydrogen (secondary N) is 1. The van der Waals surface area contributed by atoms with Gasteiger partial charge in [-0.2, -0.15) is 4.98 Å². The predicted molar refractivity (Wildman–Crippen MR) is 72.5 cm³/mol. The van der Waals surface area contributed by atoms with Gasteiger partial charge in [-0.05, 0) is 24.0 Å². The van der Waals surface area contributed by atoms with Gasteiger partial charge in [0.2, 0.25) is 5.89 Å². The molecular weight excluding hydrogens is 254 g/mol.